The van der Waals surface area contributed by atoms with Crippen molar-refractivity contribution in [3.8, 4) is 5.75 Å². The molecule has 42 heavy (non-hydrogen) atoms. The van der Waals surface area contributed by atoms with Gasteiger partial charge in [0.2, 0.25) is 5.92 Å². The number of esters is 1. The molecule has 1 aromatic carbocycles. The molecule has 1 aliphatic carbocycles. The molecule has 3 atom stereocenters. The number of benzene rings is 1. The fourth-order valence-electron chi connectivity index (χ4n) is 5.93. The number of alkyl halides is 2. The Morgan fingerprint density at radius 2 is 1.52 bits per heavy atom. The number of rotatable bonds is 7. The first-order valence-corrected chi connectivity index (χ1v) is 14.2. The maximum atomic E-state index is 13.4. The molecule has 1 saturated carbocycles. The Morgan fingerprint density at radius 1 is 0.929 bits per heavy atom. The molecule has 4 rings (SSSR count). The van der Waals surface area contributed by atoms with E-state index < -0.39 is 59.0 Å². The highest BCUT2D eigenvalue weighted by Crippen LogP contribution is 2.56. The molecular weight excluding hydrogens is 554 g/mol. The van der Waals surface area contributed by atoms with Crippen molar-refractivity contribution >= 4 is 18.2 Å². The van der Waals surface area contributed by atoms with Crippen molar-refractivity contribution in [3.05, 3.63) is 29.8 Å². The maximum Gasteiger partial charge on any atom is 0.509 e. The Labute approximate surface area is 245 Å². The molecule has 1 amide bonds. The zero-order valence-electron chi connectivity index (χ0n) is 25.4. The van der Waals surface area contributed by atoms with E-state index in [1.165, 1.54) is 4.90 Å². The average Bonchev–Trinajstić information content (AvgIpc) is 3.11. The summed E-state index contributed by atoms with van der Waals surface area (Å²) in [5.41, 5.74) is -1.25. The molecular formula is C30H42F2N2O8. The third-order valence-electron chi connectivity index (χ3n) is 7.40. The maximum absolute atomic E-state index is 13.4. The van der Waals surface area contributed by atoms with Gasteiger partial charge < -0.3 is 23.7 Å². The van der Waals surface area contributed by atoms with E-state index in [2.05, 4.69) is 0 Å². The zero-order valence-corrected chi connectivity index (χ0v) is 25.4. The van der Waals surface area contributed by atoms with Crippen molar-refractivity contribution in [2.24, 2.45) is 5.41 Å². The highest BCUT2D eigenvalue weighted by Gasteiger charge is 2.61. The average molecular weight is 597 g/mol. The van der Waals surface area contributed by atoms with Crippen molar-refractivity contribution in [3.63, 3.8) is 0 Å². The van der Waals surface area contributed by atoms with Gasteiger partial charge in [0.15, 0.2) is 12.2 Å². The van der Waals surface area contributed by atoms with Gasteiger partial charge in [-0.1, -0.05) is 12.1 Å². The summed E-state index contributed by atoms with van der Waals surface area (Å²) in [5, 5.41) is 0. The molecule has 12 heteroatoms. The summed E-state index contributed by atoms with van der Waals surface area (Å²) in [4.78, 5) is 42.4. The second-order valence-electron chi connectivity index (χ2n) is 13.7. The Balaban J connectivity index is 1.54. The molecule has 2 saturated heterocycles. The molecule has 1 aromatic rings. The number of hydrogen-bond acceptors (Lipinski definition) is 9. The van der Waals surface area contributed by atoms with Crippen molar-refractivity contribution in [2.45, 2.75) is 96.2 Å². The summed E-state index contributed by atoms with van der Waals surface area (Å²) >= 11 is 0. The minimum absolute atomic E-state index is 0.0885. The van der Waals surface area contributed by atoms with Crippen molar-refractivity contribution in [1.82, 2.24) is 9.80 Å². The molecule has 2 heterocycles. The monoisotopic (exact) mass is 596 g/mol. The highest BCUT2D eigenvalue weighted by molar-refractivity contribution is 5.73. The molecule has 1 spiro atoms. The molecule has 3 fully saturated rings. The van der Waals surface area contributed by atoms with E-state index in [1.54, 1.807) is 65.7 Å². The third kappa shape index (κ3) is 8.02. The first-order valence-electron chi connectivity index (χ1n) is 14.2. The number of methoxy groups -OCH3 is 1. The van der Waals surface area contributed by atoms with Gasteiger partial charge in [-0.15, -0.1) is 0 Å². The van der Waals surface area contributed by atoms with Gasteiger partial charge in [0.05, 0.1) is 26.2 Å². The van der Waals surface area contributed by atoms with Crippen LogP contribution in [0, 0.1) is 5.41 Å². The lowest BCUT2D eigenvalue weighted by Gasteiger charge is -2.58. The summed E-state index contributed by atoms with van der Waals surface area (Å²) in [6.45, 7) is 10.9. The van der Waals surface area contributed by atoms with Crippen LogP contribution in [0.2, 0.25) is 0 Å². The molecule has 0 bridgehead atoms. The van der Waals surface area contributed by atoms with Gasteiger partial charge in [-0.25, -0.2) is 18.4 Å². The van der Waals surface area contributed by atoms with Crippen LogP contribution in [0.25, 0.3) is 0 Å². The van der Waals surface area contributed by atoms with Crippen LogP contribution >= 0.6 is 0 Å². The van der Waals surface area contributed by atoms with Gasteiger partial charge >= 0.3 is 18.2 Å². The molecule has 234 valence electrons. The number of hydrogen-bond donors (Lipinski definition) is 0. The van der Waals surface area contributed by atoms with Gasteiger partial charge in [-0.2, -0.15) is 0 Å². The number of amides is 1. The van der Waals surface area contributed by atoms with E-state index in [1.807, 2.05) is 12.1 Å². The number of carbonyl (C=O) groups excluding carboxylic acids is 3. The SMILES string of the molecule is COc1ccc(C[C@@H]2[C@H](OC(=O)CN3CC4(C3)CC(F)(F)C4)[C@@H](OC(=O)OC(C)(C)C)CN2C(=O)OC(C)(C)C)cc1. The lowest BCUT2D eigenvalue weighted by atomic mass is 9.61. The molecule has 0 unspecified atom stereocenters. The molecule has 2 aliphatic heterocycles. The second kappa shape index (κ2) is 11.5. The van der Waals surface area contributed by atoms with Crippen LogP contribution in [-0.2, 0) is 30.2 Å². The summed E-state index contributed by atoms with van der Waals surface area (Å²) in [7, 11) is 1.56. The van der Waals surface area contributed by atoms with E-state index in [0.29, 0.717) is 18.8 Å². The van der Waals surface area contributed by atoms with Crippen LogP contribution in [-0.4, -0.2) is 96.7 Å². The molecule has 0 radical (unpaired) electrons. The van der Waals surface area contributed by atoms with Crippen molar-refractivity contribution < 1.29 is 46.8 Å². The summed E-state index contributed by atoms with van der Waals surface area (Å²) < 4.78 is 54.6. The second-order valence-corrected chi connectivity index (χ2v) is 13.7. The molecule has 0 N–H and O–H groups in total. The predicted molar refractivity (Wildman–Crippen MR) is 147 cm³/mol. The van der Waals surface area contributed by atoms with Gasteiger partial charge in [0.1, 0.15) is 17.0 Å². The van der Waals surface area contributed by atoms with Crippen LogP contribution in [0.5, 0.6) is 5.75 Å². The van der Waals surface area contributed by atoms with Crippen LogP contribution in [0.4, 0.5) is 18.4 Å². The van der Waals surface area contributed by atoms with Gasteiger partial charge in [-0.3, -0.25) is 14.6 Å². The van der Waals surface area contributed by atoms with Crippen molar-refractivity contribution in [2.75, 3.05) is 33.3 Å². The zero-order chi connectivity index (χ0) is 31.1. The van der Waals surface area contributed by atoms with E-state index >= 15 is 0 Å². The Kier molecular flexibility index (Phi) is 8.70. The standard InChI is InChI=1S/C30H42F2N2O8/c1-27(2,3)41-25(36)34-13-22(39-26(37)42-28(4,5)6)24(21(34)12-19-8-10-20(38-7)11-9-19)40-23(35)14-33-17-29(18-33)15-30(31,32)16-29/h8-11,21-22,24H,12-18H2,1-7H3/t21-,22+,24+/m1/s1. The van der Waals surface area contributed by atoms with E-state index in [-0.39, 0.29) is 32.4 Å². The van der Waals surface area contributed by atoms with Crippen molar-refractivity contribution in [1.29, 1.82) is 0 Å². The largest absolute Gasteiger partial charge is 0.509 e. The topological polar surface area (TPSA) is 104 Å². The van der Waals surface area contributed by atoms with Gasteiger partial charge in [0, 0.05) is 31.3 Å². The van der Waals surface area contributed by atoms with E-state index in [4.69, 9.17) is 23.7 Å². The summed E-state index contributed by atoms with van der Waals surface area (Å²) in [5.74, 6) is -2.59. The first-order chi connectivity index (χ1) is 19.4. The number of halogens is 2. The number of ether oxygens (including phenoxy) is 5. The quantitative estimate of drug-likeness (QED) is 0.324. The Bertz CT molecular complexity index is 1150. The third-order valence-corrected chi connectivity index (χ3v) is 7.40. The predicted octanol–water partition coefficient (Wildman–Crippen LogP) is 4.82. The Hall–Kier alpha value is -3.15. The lowest BCUT2D eigenvalue weighted by Crippen LogP contribution is -2.66. The number of likely N-dealkylation sites (tertiary alicyclic amines) is 2. The molecule has 3 aliphatic rings. The smallest absolute Gasteiger partial charge is 0.497 e. The fourth-order valence-corrected chi connectivity index (χ4v) is 5.93. The van der Waals surface area contributed by atoms with Crippen LogP contribution < -0.4 is 4.74 Å². The van der Waals surface area contributed by atoms with E-state index in [9.17, 15) is 23.2 Å². The summed E-state index contributed by atoms with van der Waals surface area (Å²) in [6.07, 6.45) is -3.76. The van der Waals surface area contributed by atoms with Crippen LogP contribution in [0.15, 0.2) is 24.3 Å². The lowest BCUT2D eigenvalue weighted by molar-refractivity contribution is -0.215. The van der Waals surface area contributed by atoms with Crippen LogP contribution in [0.1, 0.15) is 59.9 Å². The number of nitrogens with zero attached hydrogens (tertiary/aromatic N) is 2. The van der Waals surface area contributed by atoms with Crippen LogP contribution in [0.3, 0.4) is 0 Å². The van der Waals surface area contributed by atoms with E-state index in [0.717, 1.165) is 5.56 Å². The normalized spacial score (nSPS) is 24.8. The minimum atomic E-state index is -2.64. The summed E-state index contributed by atoms with van der Waals surface area (Å²) in [6, 6.07) is 6.49. The fraction of sp³-hybridized carbons (Fsp3) is 0.700. The number of carbonyl (C=O) groups is 3. The molecule has 10 nitrogen and oxygen atoms in total. The minimum Gasteiger partial charge on any atom is -0.497 e. The Morgan fingerprint density at radius 3 is 2.05 bits per heavy atom. The first kappa shape index (κ1) is 31.8. The highest BCUT2D eigenvalue weighted by atomic mass is 19.3. The molecule has 0 aromatic heterocycles. The van der Waals surface area contributed by atoms with Gasteiger partial charge in [0.25, 0.3) is 0 Å². The van der Waals surface area contributed by atoms with Gasteiger partial charge in [-0.05, 0) is 65.7 Å².